The summed E-state index contributed by atoms with van der Waals surface area (Å²) in [4.78, 5) is 14.2. The minimum Gasteiger partial charge on any atom is -0.301 e. The number of carbonyl (C=O) groups excluding carboxylic acids is 1. The van der Waals surface area contributed by atoms with Crippen LogP contribution in [0.25, 0.3) is 0 Å². The van der Waals surface area contributed by atoms with E-state index in [1.165, 1.54) is 0 Å². The number of benzene rings is 1. The Kier molecular flexibility index (Phi) is 5.08. The Balaban J connectivity index is 1.69. The maximum atomic E-state index is 11.9. The van der Waals surface area contributed by atoms with E-state index in [9.17, 15) is 9.00 Å². The monoisotopic (exact) mass is 265 g/mol. The molecule has 1 aromatic rings. The predicted octanol–water partition coefficient (Wildman–Crippen LogP) is 1.71. The molecule has 1 saturated heterocycles. The molecule has 0 amide bonds. The first-order valence-electron chi connectivity index (χ1n) is 6.41. The van der Waals surface area contributed by atoms with Crippen molar-refractivity contribution < 1.29 is 9.00 Å². The summed E-state index contributed by atoms with van der Waals surface area (Å²) in [6.45, 7) is 2.76. The van der Waals surface area contributed by atoms with Crippen molar-refractivity contribution in [1.29, 1.82) is 0 Å². The summed E-state index contributed by atoms with van der Waals surface area (Å²) in [6.07, 6.45) is 1.49. The van der Waals surface area contributed by atoms with E-state index in [1.807, 2.05) is 30.3 Å². The van der Waals surface area contributed by atoms with Crippen molar-refractivity contribution in [2.24, 2.45) is 0 Å². The summed E-state index contributed by atoms with van der Waals surface area (Å²) in [5, 5.41) is 0. The Morgan fingerprint density at radius 1 is 1.17 bits per heavy atom. The van der Waals surface area contributed by atoms with Crippen LogP contribution in [0, 0.1) is 0 Å². The average Bonchev–Trinajstić information content (AvgIpc) is 2.42. The molecule has 3 nitrogen and oxygen atoms in total. The zero-order chi connectivity index (χ0) is 12.8. The number of hydrogen-bond acceptors (Lipinski definition) is 3. The molecule has 0 aliphatic carbocycles. The minimum atomic E-state index is -0.614. The maximum Gasteiger partial charge on any atom is 0.162 e. The van der Waals surface area contributed by atoms with Gasteiger partial charge in [0.1, 0.15) is 0 Å². The smallest absolute Gasteiger partial charge is 0.162 e. The normalized spacial score (nSPS) is 17.8. The summed E-state index contributed by atoms with van der Waals surface area (Å²) in [6, 6.07) is 9.45. The van der Waals surface area contributed by atoms with E-state index in [4.69, 9.17) is 0 Å². The predicted molar refractivity (Wildman–Crippen MR) is 74.3 cm³/mol. The molecule has 1 aliphatic heterocycles. The van der Waals surface area contributed by atoms with E-state index in [0.717, 1.165) is 43.1 Å². The lowest BCUT2D eigenvalue weighted by Crippen LogP contribution is -2.38. The van der Waals surface area contributed by atoms with E-state index in [-0.39, 0.29) is 5.78 Å². The van der Waals surface area contributed by atoms with Crippen LogP contribution < -0.4 is 0 Å². The third-order valence-corrected chi connectivity index (χ3v) is 4.52. The fourth-order valence-corrected chi connectivity index (χ4v) is 3.26. The molecule has 0 aromatic heterocycles. The van der Waals surface area contributed by atoms with Gasteiger partial charge in [0.25, 0.3) is 0 Å². The molecule has 0 bridgehead atoms. The van der Waals surface area contributed by atoms with E-state index >= 15 is 0 Å². The Labute approximate surface area is 111 Å². The first-order valence-corrected chi connectivity index (χ1v) is 7.90. The summed E-state index contributed by atoms with van der Waals surface area (Å²) in [5.74, 6) is 1.79. The third kappa shape index (κ3) is 4.03. The first kappa shape index (κ1) is 13.4. The highest BCUT2D eigenvalue weighted by atomic mass is 32.2. The number of Topliss-reactive ketones (excluding diaryl/α,β-unsaturated/α-hetero) is 1. The number of carbonyl (C=O) groups is 1. The molecular formula is C14H19NO2S. The molecule has 4 heteroatoms. The molecule has 0 unspecified atom stereocenters. The van der Waals surface area contributed by atoms with E-state index in [0.29, 0.717) is 6.42 Å². The molecule has 1 aliphatic rings. The number of hydrogen-bond donors (Lipinski definition) is 0. The molecule has 1 heterocycles. The fourth-order valence-electron chi connectivity index (χ4n) is 2.13. The van der Waals surface area contributed by atoms with Gasteiger partial charge in [-0.1, -0.05) is 30.3 Å². The molecule has 1 aromatic carbocycles. The molecule has 18 heavy (non-hydrogen) atoms. The van der Waals surface area contributed by atoms with Crippen molar-refractivity contribution in [1.82, 2.24) is 4.90 Å². The second-order valence-corrected chi connectivity index (χ2v) is 6.28. The number of rotatable bonds is 5. The van der Waals surface area contributed by atoms with Crippen molar-refractivity contribution in [2.75, 3.05) is 31.1 Å². The van der Waals surface area contributed by atoms with Gasteiger partial charge in [-0.05, 0) is 13.0 Å². The van der Waals surface area contributed by atoms with Crippen LogP contribution in [0.5, 0.6) is 0 Å². The van der Waals surface area contributed by atoms with Crippen LogP contribution in [0.15, 0.2) is 30.3 Å². The van der Waals surface area contributed by atoms with Crippen molar-refractivity contribution in [3.63, 3.8) is 0 Å². The lowest BCUT2D eigenvalue weighted by Gasteiger charge is -2.25. The maximum absolute atomic E-state index is 11.9. The lowest BCUT2D eigenvalue weighted by molar-refractivity contribution is 0.0975. The average molecular weight is 265 g/mol. The van der Waals surface area contributed by atoms with Gasteiger partial charge in [-0.2, -0.15) is 0 Å². The van der Waals surface area contributed by atoms with Gasteiger partial charge < -0.3 is 4.90 Å². The fraction of sp³-hybridized carbons (Fsp3) is 0.500. The number of ketones is 1. The van der Waals surface area contributed by atoms with E-state index in [2.05, 4.69) is 4.90 Å². The molecule has 0 atom stereocenters. The topological polar surface area (TPSA) is 37.4 Å². The number of nitrogens with zero attached hydrogens (tertiary/aromatic N) is 1. The van der Waals surface area contributed by atoms with Crippen LogP contribution in [0.4, 0.5) is 0 Å². The van der Waals surface area contributed by atoms with Gasteiger partial charge in [0.2, 0.25) is 0 Å². The molecule has 0 radical (unpaired) electrons. The van der Waals surface area contributed by atoms with Crippen LogP contribution in [-0.2, 0) is 10.8 Å². The second kappa shape index (κ2) is 6.81. The molecule has 0 N–H and O–H groups in total. The molecule has 1 fully saturated rings. The SMILES string of the molecule is O=C(CCCN1CCS(=O)CC1)c1ccccc1. The van der Waals surface area contributed by atoms with Crippen LogP contribution in [0.2, 0.25) is 0 Å². The Bertz CT molecular complexity index is 409. The van der Waals surface area contributed by atoms with Crippen molar-refractivity contribution in [3.8, 4) is 0 Å². The summed E-state index contributed by atoms with van der Waals surface area (Å²) in [7, 11) is -0.614. The zero-order valence-electron chi connectivity index (χ0n) is 10.5. The first-order chi connectivity index (χ1) is 8.75. The lowest BCUT2D eigenvalue weighted by atomic mass is 10.1. The largest absolute Gasteiger partial charge is 0.301 e. The van der Waals surface area contributed by atoms with Crippen molar-refractivity contribution in [2.45, 2.75) is 12.8 Å². The van der Waals surface area contributed by atoms with Gasteiger partial charge in [-0.3, -0.25) is 9.00 Å². The highest BCUT2D eigenvalue weighted by Crippen LogP contribution is 2.07. The quantitative estimate of drug-likeness (QED) is 0.761. The highest BCUT2D eigenvalue weighted by Gasteiger charge is 2.14. The third-order valence-electron chi connectivity index (χ3n) is 3.24. The van der Waals surface area contributed by atoms with Gasteiger partial charge in [-0.25, -0.2) is 0 Å². The molecule has 98 valence electrons. The Hall–Kier alpha value is -1.00. The summed E-state index contributed by atoms with van der Waals surface area (Å²) in [5.41, 5.74) is 0.803. The van der Waals surface area contributed by atoms with Crippen molar-refractivity contribution in [3.05, 3.63) is 35.9 Å². The van der Waals surface area contributed by atoms with E-state index < -0.39 is 10.8 Å². The van der Waals surface area contributed by atoms with Crippen LogP contribution >= 0.6 is 0 Å². The van der Waals surface area contributed by atoms with Crippen molar-refractivity contribution >= 4 is 16.6 Å². The van der Waals surface area contributed by atoms with Gasteiger partial charge in [-0.15, -0.1) is 0 Å². The van der Waals surface area contributed by atoms with Gasteiger partial charge in [0.05, 0.1) is 0 Å². The Morgan fingerprint density at radius 2 is 1.83 bits per heavy atom. The van der Waals surface area contributed by atoms with Crippen LogP contribution in [-0.4, -0.2) is 46.0 Å². The van der Waals surface area contributed by atoms with E-state index in [1.54, 1.807) is 0 Å². The van der Waals surface area contributed by atoms with Gasteiger partial charge in [0.15, 0.2) is 5.78 Å². The Morgan fingerprint density at radius 3 is 2.50 bits per heavy atom. The minimum absolute atomic E-state index is 0.219. The molecular weight excluding hydrogens is 246 g/mol. The molecule has 2 rings (SSSR count). The van der Waals surface area contributed by atoms with Crippen LogP contribution in [0.3, 0.4) is 0 Å². The van der Waals surface area contributed by atoms with Crippen LogP contribution in [0.1, 0.15) is 23.2 Å². The van der Waals surface area contributed by atoms with Gasteiger partial charge in [0, 0.05) is 47.4 Å². The summed E-state index contributed by atoms with van der Waals surface area (Å²) < 4.78 is 11.2. The highest BCUT2D eigenvalue weighted by molar-refractivity contribution is 7.85. The van der Waals surface area contributed by atoms with Gasteiger partial charge >= 0.3 is 0 Å². The zero-order valence-corrected chi connectivity index (χ0v) is 11.3. The standard InChI is InChI=1S/C14H19NO2S/c16-14(13-5-2-1-3-6-13)7-4-8-15-9-11-18(17)12-10-15/h1-3,5-6H,4,7-12H2. The summed E-state index contributed by atoms with van der Waals surface area (Å²) >= 11 is 0. The molecule has 0 saturated carbocycles. The molecule has 0 spiro atoms. The second-order valence-electron chi connectivity index (χ2n) is 4.58.